The summed E-state index contributed by atoms with van der Waals surface area (Å²) in [5.41, 5.74) is -1.14. The molecule has 6 rings (SSSR count). The van der Waals surface area contributed by atoms with Gasteiger partial charge in [-0.15, -0.1) is 11.8 Å². The molecule has 1 fully saturated rings. The molecule has 4 aromatic rings. The second kappa shape index (κ2) is 15.7. The van der Waals surface area contributed by atoms with Crippen molar-refractivity contribution in [2.24, 2.45) is 5.16 Å². The van der Waals surface area contributed by atoms with E-state index in [1.807, 2.05) is 97.1 Å². The summed E-state index contributed by atoms with van der Waals surface area (Å²) in [7, 11) is 1.31. The third-order valence-corrected chi connectivity index (χ3v) is 10.2. The molecule has 2 aliphatic heterocycles. The van der Waals surface area contributed by atoms with Gasteiger partial charge in [-0.1, -0.05) is 126 Å². The van der Waals surface area contributed by atoms with Crippen LogP contribution in [0.1, 0.15) is 49.9 Å². The molecule has 0 saturated carbocycles. The van der Waals surface area contributed by atoms with Crippen LogP contribution in [0.5, 0.6) is 0 Å². The van der Waals surface area contributed by atoms with Crippen molar-refractivity contribution in [2.45, 2.75) is 50.0 Å². The van der Waals surface area contributed by atoms with Crippen molar-refractivity contribution in [1.82, 2.24) is 10.2 Å². The van der Waals surface area contributed by atoms with Crippen LogP contribution >= 0.6 is 11.8 Å². The van der Waals surface area contributed by atoms with Crippen molar-refractivity contribution < 1.29 is 38.2 Å². The zero-order valence-corrected chi connectivity index (χ0v) is 31.4. The van der Waals surface area contributed by atoms with E-state index in [0.717, 1.165) is 16.7 Å². The van der Waals surface area contributed by atoms with Crippen molar-refractivity contribution in [2.75, 3.05) is 19.5 Å². The largest absolute Gasteiger partial charge is 0.461 e. The van der Waals surface area contributed by atoms with Gasteiger partial charge in [-0.2, -0.15) is 0 Å². The van der Waals surface area contributed by atoms with Gasteiger partial charge in [0, 0.05) is 47.6 Å². The Hall–Kier alpha value is -5.72. The second-order valence-electron chi connectivity index (χ2n) is 13.6. The van der Waals surface area contributed by atoms with Gasteiger partial charge in [-0.3, -0.25) is 19.3 Å². The van der Waals surface area contributed by atoms with Crippen LogP contribution in [-0.4, -0.2) is 70.5 Å². The number of nitrogens with zero attached hydrogens (tertiary/aromatic N) is 2. The molecule has 4 aromatic carbocycles. The summed E-state index contributed by atoms with van der Waals surface area (Å²) in [5.74, 6) is -2.59. The summed E-state index contributed by atoms with van der Waals surface area (Å²) in [4.78, 5) is 62.0. The molecule has 2 atom stereocenters. The van der Waals surface area contributed by atoms with E-state index in [4.69, 9.17) is 19.0 Å². The average molecular weight is 748 g/mol. The summed E-state index contributed by atoms with van der Waals surface area (Å²) >= 11 is 1.24. The SMILES string of the molecule is CO[C@@]1(NC(=O)C(=NOC(c2ccccc2)(c2ccccc2)c2ccccc2)c2ccccc2)C(=O)N2C(C(=O)OC(C)(C)C)=C(COC(C)=O)CS[C@@H]21. The average Bonchev–Trinajstić information content (AvgIpc) is 3.18. The van der Waals surface area contributed by atoms with E-state index in [-0.39, 0.29) is 23.8 Å². The van der Waals surface area contributed by atoms with Crippen molar-refractivity contribution in [3.05, 3.63) is 155 Å². The van der Waals surface area contributed by atoms with E-state index >= 15 is 0 Å². The summed E-state index contributed by atoms with van der Waals surface area (Å²) < 4.78 is 16.7. The Morgan fingerprint density at radius 1 is 0.833 bits per heavy atom. The number of hydrogen-bond acceptors (Lipinski definition) is 10. The van der Waals surface area contributed by atoms with Gasteiger partial charge in [-0.05, 0) is 20.8 Å². The van der Waals surface area contributed by atoms with Crippen LogP contribution in [0.4, 0.5) is 0 Å². The van der Waals surface area contributed by atoms with Gasteiger partial charge < -0.3 is 24.4 Å². The molecule has 0 radical (unpaired) electrons. The molecule has 2 aliphatic rings. The zero-order valence-electron chi connectivity index (χ0n) is 30.6. The number of fused-ring (bicyclic) bond motifs is 1. The first-order valence-electron chi connectivity index (χ1n) is 17.3. The predicted octanol–water partition coefficient (Wildman–Crippen LogP) is 5.93. The molecule has 54 heavy (non-hydrogen) atoms. The molecule has 1 saturated heterocycles. The Kier molecular flexibility index (Phi) is 11.1. The smallest absolute Gasteiger partial charge is 0.355 e. The maximum Gasteiger partial charge on any atom is 0.355 e. The monoisotopic (exact) mass is 747 g/mol. The molecular formula is C42H41N3O8S. The molecule has 278 valence electrons. The lowest BCUT2D eigenvalue weighted by Crippen LogP contribution is -2.81. The van der Waals surface area contributed by atoms with Gasteiger partial charge in [0.1, 0.15) is 23.3 Å². The lowest BCUT2D eigenvalue weighted by Gasteiger charge is -2.56. The van der Waals surface area contributed by atoms with Crippen LogP contribution in [0.15, 0.2) is 138 Å². The molecule has 0 spiro atoms. The Balaban J connectivity index is 1.41. The highest BCUT2D eigenvalue weighted by Gasteiger charge is 2.67. The molecule has 11 nitrogen and oxygen atoms in total. The summed E-state index contributed by atoms with van der Waals surface area (Å²) in [5, 5.41) is 6.56. The molecule has 2 amide bonds. The number of hydrogen-bond donors (Lipinski definition) is 1. The number of esters is 2. The topological polar surface area (TPSA) is 133 Å². The molecule has 0 bridgehead atoms. The molecule has 0 unspecified atom stereocenters. The van der Waals surface area contributed by atoms with Crippen LogP contribution < -0.4 is 5.32 Å². The number of amides is 2. The third-order valence-electron chi connectivity index (χ3n) is 8.85. The van der Waals surface area contributed by atoms with E-state index in [1.165, 1.54) is 30.7 Å². The number of thioether (sulfide) groups is 1. The first-order chi connectivity index (χ1) is 25.9. The van der Waals surface area contributed by atoms with Gasteiger partial charge >= 0.3 is 11.9 Å². The minimum atomic E-state index is -1.90. The fourth-order valence-electron chi connectivity index (χ4n) is 6.40. The molecule has 2 heterocycles. The van der Waals surface area contributed by atoms with Crippen molar-refractivity contribution >= 4 is 41.2 Å². The maximum atomic E-state index is 14.6. The molecular weight excluding hydrogens is 707 g/mol. The number of carbonyl (C=O) groups excluding carboxylic acids is 4. The maximum absolute atomic E-state index is 14.6. The number of benzene rings is 4. The Morgan fingerprint density at radius 3 is 1.80 bits per heavy atom. The number of β-lactam (4-membered cyclic amide) rings is 1. The number of rotatable bonds is 12. The Bertz CT molecular complexity index is 1970. The van der Waals surface area contributed by atoms with Crippen molar-refractivity contribution in [3.8, 4) is 0 Å². The number of ether oxygens (including phenoxy) is 3. The van der Waals surface area contributed by atoms with E-state index in [1.54, 1.807) is 45.0 Å². The highest BCUT2D eigenvalue weighted by atomic mass is 32.2. The van der Waals surface area contributed by atoms with Crippen LogP contribution in [0.25, 0.3) is 0 Å². The lowest BCUT2D eigenvalue weighted by atomic mass is 9.80. The minimum absolute atomic E-state index is 0.0551. The number of methoxy groups -OCH3 is 1. The van der Waals surface area contributed by atoms with Gasteiger partial charge in [0.05, 0.1) is 0 Å². The number of nitrogens with one attached hydrogen (secondary N) is 1. The first kappa shape index (κ1) is 38.0. The van der Waals surface area contributed by atoms with Gasteiger partial charge in [-0.25, -0.2) is 4.79 Å². The molecule has 0 aromatic heterocycles. The first-order valence-corrected chi connectivity index (χ1v) is 18.4. The molecule has 12 heteroatoms. The van der Waals surface area contributed by atoms with E-state index < -0.39 is 46.1 Å². The van der Waals surface area contributed by atoms with Crippen LogP contribution in [-0.2, 0) is 43.8 Å². The highest BCUT2D eigenvalue weighted by molar-refractivity contribution is 8.00. The van der Waals surface area contributed by atoms with E-state index in [2.05, 4.69) is 10.5 Å². The van der Waals surface area contributed by atoms with E-state index in [0.29, 0.717) is 11.1 Å². The van der Waals surface area contributed by atoms with Crippen LogP contribution in [0.2, 0.25) is 0 Å². The summed E-state index contributed by atoms with van der Waals surface area (Å²) in [6.45, 7) is 6.16. The zero-order chi connectivity index (χ0) is 38.5. The van der Waals surface area contributed by atoms with Crippen molar-refractivity contribution in [1.29, 1.82) is 0 Å². The quantitative estimate of drug-likeness (QED) is 0.0468. The lowest BCUT2D eigenvalue weighted by molar-refractivity contribution is -0.193. The molecule has 1 N–H and O–H groups in total. The normalized spacial score (nSPS) is 18.6. The number of oxime groups is 1. The van der Waals surface area contributed by atoms with Crippen LogP contribution in [0.3, 0.4) is 0 Å². The van der Waals surface area contributed by atoms with Gasteiger partial charge in [0.2, 0.25) is 5.60 Å². The Morgan fingerprint density at radius 2 is 1.33 bits per heavy atom. The predicted molar refractivity (Wildman–Crippen MR) is 204 cm³/mol. The van der Waals surface area contributed by atoms with Crippen LogP contribution in [0, 0.1) is 0 Å². The summed E-state index contributed by atoms with van der Waals surface area (Å²) in [6, 6.07) is 37.5. The van der Waals surface area contributed by atoms with Gasteiger partial charge in [0.25, 0.3) is 17.5 Å². The fraction of sp³-hybridized carbons (Fsp3) is 0.262. The number of carbonyl (C=O) groups is 4. The standard InChI is InChI=1S/C42H41N3O8S/c1-28(46)51-26-30-27-54-39-42(50-5,38(49)45(39)35(30)37(48)52-40(2,3)4)43-36(47)34(29-18-10-6-11-19-29)44-53-41(31-20-12-7-13-21-31,32-22-14-8-15-23-32)33-24-16-9-17-25-33/h6-25,39H,26-27H2,1-5H3,(H,43,47)/t39-,42+/m1/s1. The molecule has 0 aliphatic carbocycles. The van der Waals surface area contributed by atoms with Gasteiger partial charge in [0.15, 0.2) is 5.71 Å². The van der Waals surface area contributed by atoms with E-state index in [9.17, 15) is 19.2 Å². The van der Waals surface area contributed by atoms with Crippen molar-refractivity contribution in [3.63, 3.8) is 0 Å². The Labute approximate surface area is 318 Å². The summed E-state index contributed by atoms with van der Waals surface area (Å²) in [6.07, 6.45) is 0. The third kappa shape index (κ3) is 7.39. The fourth-order valence-corrected chi connectivity index (χ4v) is 7.82. The highest BCUT2D eigenvalue weighted by Crippen LogP contribution is 2.47. The minimum Gasteiger partial charge on any atom is -0.461 e. The second-order valence-corrected chi connectivity index (χ2v) is 14.7.